The van der Waals surface area contributed by atoms with Crippen molar-refractivity contribution in [3.05, 3.63) is 64.6 Å². The molecule has 0 aliphatic rings. The second-order valence-corrected chi connectivity index (χ2v) is 6.35. The minimum Gasteiger partial charge on any atom is -0.484 e. The number of likely N-dealkylation sites (N-methyl/N-ethyl adjacent to an activating group) is 1. The summed E-state index contributed by atoms with van der Waals surface area (Å²) in [5, 5.41) is 2.93. The Bertz CT molecular complexity index is 615. The van der Waals surface area contributed by atoms with Gasteiger partial charge in [0.15, 0.2) is 6.61 Å². The Hall–Kier alpha value is -1.85. The first-order valence-electron chi connectivity index (χ1n) is 7.42. The lowest BCUT2D eigenvalue weighted by atomic mass is 10.1. The van der Waals surface area contributed by atoms with Crippen LogP contribution in [0.3, 0.4) is 0 Å². The molecule has 5 heteroatoms. The van der Waals surface area contributed by atoms with Crippen LogP contribution >= 0.6 is 15.9 Å². The molecular formula is C18H21BrN2O2. The summed E-state index contributed by atoms with van der Waals surface area (Å²) in [6, 6.07) is 17.7. The van der Waals surface area contributed by atoms with Crippen LogP contribution in [-0.4, -0.2) is 38.1 Å². The summed E-state index contributed by atoms with van der Waals surface area (Å²) in [7, 11) is 4.00. The van der Waals surface area contributed by atoms with E-state index in [1.165, 1.54) is 5.56 Å². The summed E-state index contributed by atoms with van der Waals surface area (Å²) in [5.41, 5.74) is 1.17. The number of rotatable bonds is 7. The van der Waals surface area contributed by atoms with Crippen molar-refractivity contribution in [1.82, 2.24) is 10.2 Å². The highest BCUT2D eigenvalue weighted by Crippen LogP contribution is 2.17. The molecule has 1 unspecified atom stereocenters. The Morgan fingerprint density at radius 1 is 1.13 bits per heavy atom. The van der Waals surface area contributed by atoms with Crippen LogP contribution in [0.4, 0.5) is 0 Å². The van der Waals surface area contributed by atoms with E-state index < -0.39 is 0 Å². The molecule has 0 radical (unpaired) electrons. The average Bonchev–Trinajstić information content (AvgIpc) is 2.55. The number of hydrogen-bond donors (Lipinski definition) is 1. The molecule has 1 atom stereocenters. The smallest absolute Gasteiger partial charge is 0.258 e. The molecule has 0 aliphatic heterocycles. The van der Waals surface area contributed by atoms with Gasteiger partial charge in [-0.25, -0.2) is 0 Å². The van der Waals surface area contributed by atoms with E-state index >= 15 is 0 Å². The number of amides is 1. The fourth-order valence-electron chi connectivity index (χ4n) is 2.21. The van der Waals surface area contributed by atoms with Gasteiger partial charge in [0.2, 0.25) is 0 Å². The molecule has 2 rings (SSSR count). The standard InChI is InChI=1S/C18H21BrN2O2/c1-21(2)17(14-6-4-3-5-7-14)12-20-18(22)13-23-16-10-8-15(19)9-11-16/h3-11,17H,12-13H2,1-2H3,(H,20,22). The molecule has 23 heavy (non-hydrogen) atoms. The molecule has 1 N–H and O–H groups in total. The fourth-order valence-corrected chi connectivity index (χ4v) is 2.48. The number of carbonyl (C=O) groups excluding carboxylic acids is 1. The lowest BCUT2D eigenvalue weighted by Crippen LogP contribution is -2.36. The van der Waals surface area contributed by atoms with E-state index in [0.717, 1.165) is 4.47 Å². The molecule has 1 amide bonds. The Kier molecular flexibility index (Phi) is 6.62. The molecule has 0 aromatic heterocycles. The van der Waals surface area contributed by atoms with Gasteiger partial charge in [-0.3, -0.25) is 4.79 Å². The second-order valence-electron chi connectivity index (χ2n) is 5.44. The summed E-state index contributed by atoms with van der Waals surface area (Å²) in [4.78, 5) is 14.1. The predicted molar refractivity (Wildman–Crippen MR) is 95.5 cm³/mol. The van der Waals surface area contributed by atoms with Crippen molar-refractivity contribution in [2.45, 2.75) is 6.04 Å². The van der Waals surface area contributed by atoms with Gasteiger partial charge in [0.25, 0.3) is 5.91 Å². The van der Waals surface area contributed by atoms with Gasteiger partial charge in [-0.15, -0.1) is 0 Å². The SMILES string of the molecule is CN(C)C(CNC(=O)COc1ccc(Br)cc1)c1ccccc1. The van der Waals surface area contributed by atoms with E-state index in [9.17, 15) is 4.79 Å². The molecule has 0 aliphatic carbocycles. The van der Waals surface area contributed by atoms with Crippen LogP contribution in [0.25, 0.3) is 0 Å². The maximum absolute atomic E-state index is 12.0. The minimum absolute atomic E-state index is 0.0105. The first-order chi connectivity index (χ1) is 11.1. The first-order valence-corrected chi connectivity index (χ1v) is 8.22. The van der Waals surface area contributed by atoms with Crippen molar-refractivity contribution in [1.29, 1.82) is 0 Å². The second kappa shape index (κ2) is 8.70. The molecule has 2 aromatic carbocycles. The van der Waals surface area contributed by atoms with Gasteiger partial charge >= 0.3 is 0 Å². The number of carbonyl (C=O) groups is 1. The largest absolute Gasteiger partial charge is 0.484 e. The van der Waals surface area contributed by atoms with E-state index in [0.29, 0.717) is 12.3 Å². The van der Waals surface area contributed by atoms with Crippen LogP contribution in [-0.2, 0) is 4.79 Å². The summed E-state index contributed by atoms with van der Waals surface area (Å²) in [5.74, 6) is 0.547. The quantitative estimate of drug-likeness (QED) is 0.806. The number of benzene rings is 2. The zero-order chi connectivity index (χ0) is 16.7. The highest BCUT2D eigenvalue weighted by atomic mass is 79.9. The number of halogens is 1. The van der Waals surface area contributed by atoms with E-state index in [1.54, 1.807) is 0 Å². The minimum atomic E-state index is -0.129. The lowest BCUT2D eigenvalue weighted by molar-refractivity contribution is -0.123. The van der Waals surface area contributed by atoms with Crippen molar-refractivity contribution in [3.8, 4) is 5.75 Å². The van der Waals surface area contributed by atoms with Crippen molar-refractivity contribution in [2.75, 3.05) is 27.2 Å². The highest BCUT2D eigenvalue weighted by molar-refractivity contribution is 9.10. The highest BCUT2D eigenvalue weighted by Gasteiger charge is 2.15. The van der Waals surface area contributed by atoms with Crippen LogP contribution in [0.2, 0.25) is 0 Å². The lowest BCUT2D eigenvalue weighted by Gasteiger charge is -2.25. The average molecular weight is 377 g/mol. The molecule has 122 valence electrons. The van der Waals surface area contributed by atoms with Crippen molar-refractivity contribution in [2.24, 2.45) is 0 Å². The van der Waals surface area contributed by atoms with Crippen LogP contribution in [0.5, 0.6) is 5.75 Å². The third-order valence-corrected chi connectivity index (χ3v) is 4.01. The molecule has 4 nitrogen and oxygen atoms in total. The van der Waals surface area contributed by atoms with Crippen molar-refractivity contribution < 1.29 is 9.53 Å². The molecule has 0 bridgehead atoms. The monoisotopic (exact) mass is 376 g/mol. The maximum Gasteiger partial charge on any atom is 0.258 e. The van der Waals surface area contributed by atoms with E-state index in [2.05, 4.69) is 38.3 Å². The molecule has 0 saturated heterocycles. The van der Waals surface area contributed by atoms with E-state index in [1.807, 2.05) is 56.6 Å². The third kappa shape index (κ3) is 5.69. The van der Waals surface area contributed by atoms with Crippen LogP contribution < -0.4 is 10.1 Å². The molecule has 2 aromatic rings. The zero-order valence-electron chi connectivity index (χ0n) is 13.3. The van der Waals surface area contributed by atoms with Crippen molar-refractivity contribution in [3.63, 3.8) is 0 Å². The molecule has 0 spiro atoms. The number of hydrogen-bond acceptors (Lipinski definition) is 3. The Morgan fingerprint density at radius 3 is 2.39 bits per heavy atom. The first kappa shape index (κ1) is 17.5. The molecular weight excluding hydrogens is 356 g/mol. The zero-order valence-corrected chi connectivity index (χ0v) is 14.9. The molecule has 0 saturated carbocycles. The number of nitrogens with one attached hydrogen (secondary N) is 1. The normalized spacial score (nSPS) is 12.0. The van der Waals surface area contributed by atoms with Crippen molar-refractivity contribution >= 4 is 21.8 Å². The number of nitrogens with zero attached hydrogens (tertiary/aromatic N) is 1. The van der Waals surface area contributed by atoms with Gasteiger partial charge in [0.05, 0.1) is 6.04 Å². The summed E-state index contributed by atoms with van der Waals surface area (Å²) >= 11 is 3.36. The van der Waals surface area contributed by atoms with Crippen LogP contribution in [0.1, 0.15) is 11.6 Å². The predicted octanol–water partition coefficient (Wildman–Crippen LogP) is 3.25. The summed E-state index contributed by atoms with van der Waals surface area (Å²) < 4.78 is 6.45. The Morgan fingerprint density at radius 2 is 1.78 bits per heavy atom. The van der Waals surface area contributed by atoms with Crippen LogP contribution in [0, 0.1) is 0 Å². The molecule has 0 heterocycles. The summed E-state index contributed by atoms with van der Waals surface area (Å²) in [6.07, 6.45) is 0. The fraction of sp³-hybridized carbons (Fsp3) is 0.278. The molecule has 0 fully saturated rings. The van der Waals surface area contributed by atoms with Gasteiger partial charge in [-0.2, -0.15) is 0 Å². The van der Waals surface area contributed by atoms with Gasteiger partial charge in [0.1, 0.15) is 5.75 Å². The van der Waals surface area contributed by atoms with Gasteiger partial charge in [-0.05, 0) is 43.9 Å². The maximum atomic E-state index is 12.0. The van der Waals surface area contributed by atoms with E-state index in [-0.39, 0.29) is 18.6 Å². The Balaban J connectivity index is 1.83. The summed E-state index contributed by atoms with van der Waals surface area (Å²) in [6.45, 7) is 0.552. The Labute approximate surface area is 145 Å². The topological polar surface area (TPSA) is 41.6 Å². The van der Waals surface area contributed by atoms with E-state index in [4.69, 9.17) is 4.74 Å². The van der Waals surface area contributed by atoms with Crippen LogP contribution in [0.15, 0.2) is 59.1 Å². The van der Waals surface area contributed by atoms with Gasteiger partial charge in [-0.1, -0.05) is 46.3 Å². The number of ether oxygens (including phenoxy) is 1. The van der Waals surface area contributed by atoms with Gasteiger partial charge in [0, 0.05) is 11.0 Å². The van der Waals surface area contributed by atoms with Gasteiger partial charge < -0.3 is 15.0 Å². The third-order valence-electron chi connectivity index (χ3n) is 3.48.